The molecule has 11 heteroatoms. The molecule has 40 heavy (non-hydrogen) atoms. The zero-order valence-electron chi connectivity index (χ0n) is 22.2. The molecule has 1 amide bonds. The van der Waals surface area contributed by atoms with Gasteiger partial charge in [0, 0.05) is 36.1 Å². The van der Waals surface area contributed by atoms with Crippen LogP contribution in [-0.2, 0) is 0 Å². The maximum Gasteiger partial charge on any atom is 0.290 e. The van der Waals surface area contributed by atoms with E-state index in [9.17, 15) is 23.5 Å². The van der Waals surface area contributed by atoms with Crippen LogP contribution in [0.3, 0.4) is 0 Å². The van der Waals surface area contributed by atoms with E-state index in [1.807, 2.05) is 24.3 Å². The van der Waals surface area contributed by atoms with Crippen LogP contribution in [0.15, 0.2) is 52.6 Å². The van der Waals surface area contributed by atoms with E-state index in [2.05, 4.69) is 9.97 Å². The summed E-state index contributed by atoms with van der Waals surface area (Å²) in [4.78, 5) is 37.1. The van der Waals surface area contributed by atoms with E-state index >= 15 is 0 Å². The number of ether oxygens (including phenoxy) is 1. The minimum Gasteiger partial charge on any atom is -0.496 e. The molecule has 5 rings (SSSR count). The Labute approximate surface area is 233 Å². The zero-order chi connectivity index (χ0) is 28.6. The van der Waals surface area contributed by atoms with Crippen molar-refractivity contribution in [3.8, 4) is 22.5 Å². The van der Waals surface area contributed by atoms with Gasteiger partial charge in [-0.2, -0.15) is 4.98 Å². The van der Waals surface area contributed by atoms with Crippen molar-refractivity contribution < 1.29 is 23.4 Å². The molecule has 0 spiro atoms. The average Bonchev–Trinajstić information content (AvgIpc) is 3.59. The Balaban J connectivity index is 1.60. The fourth-order valence-corrected chi connectivity index (χ4v) is 6.09. The van der Waals surface area contributed by atoms with Gasteiger partial charge in [-0.1, -0.05) is 25.1 Å². The molecule has 208 valence electrons. The highest BCUT2D eigenvalue weighted by Crippen LogP contribution is 2.37. The lowest BCUT2D eigenvalue weighted by molar-refractivity contribution is 0.0783. The van der Waals surface area contributed by atoms with Crippen LogP contribution in [0.4, 0.5) is 8.78 Å². The van der Waals surface area contributed by atoms with Crippen molar-refractivity contribution in [3.63, 3.8) is 0 Å². The molecule has 1 saturated heterocycles. The van der Waals surface area contributed by atoms with Gasteiger partial charge in [-0.25, -0.2) is 13.8 Å². The number of para-hydroxylation sites is 1. The number of likely N-dealkylation sites (tertiary alicyclic amines) is 1. The number of hydrogen-bond acceptors (Lipinski definition) is 7. The van der Waals surface area contributed by atoms with E-state index in [-0.39, 0.29) is 23.7 Å². The molecule has 0 bridgehead atoms. The van der Waals surface area contributed by atoms with Gasteiger partial charge in [0.05, 0.1) is 13.2 Å². The molecule has 1 aliphatic heterocycles. The van der Waals surface area contributed by atoms with Crippen LogP contribution in [0.25, 0.3) is 10.8 Å². The maximum atomic E-state index is 14.2. The number of amides is 1. The number of thiazole rings is 1. The molecule has 8 nitrogen and oxygen atoms in total. The summed E-state index contributed by atoms with van der Waals surface area (Å²) >= 11 is 1.20. The van der Waals surface area contributed by atoms with Crippen molar-refractivity contribution in [2.24, 2.45) is 0 Å². The molecule has 0 aliphatic carbocycles. The normalized spacial score (nSPS) is 15.8. The predicted octanol–water partition coefficient (Wildman–Crippen LogP) is 5.30. The second-order valence-electron chi connectivity index (χ2n) is 9.71. The Morgan fingerprint density at radius 3 is 2.58 bits per heavy atom. The molecule has 1 unspecified atom stereocenters. The van der Waals surface area contributed by atoms with Gasteiger partial charge in [0.25, 0.3) is 11.5 Å². The Morgan fingerprint density at radius 2 is 1.93 bits per heavy atom. The molecule has 1 fully saturated rings. The average molecular weight is 567 g/mol. The highest BCUT2D eigenvalue weighted by Gasteiger charge is 2.35. The van der Waals surface area contributed by atoms with Crippen molar-refractivity contribution in [2.45, 2.75) is 38.6 Å². The summed E-state index contributed by atoms with van der Waals surface area (Å²) in [6.45, 7) is 4.21. The standard InChI is InChI=1S/C29H28F2N4O4S/c1-4-22(18-11-19(30)13-20(31)12-18)35-25(27-32-16(2)15-40-27)33-26(36)24(29(35)38)28(37)34-10-9-17(14-34)21-7-5-6-8-23(21)39-3/h5-8,11-13,15,17,22,38H,4,9-10,14H2,1-3H3/t17?,22-/m0/s1. The summed E-state index contributed by atoms with van der Waals surface area (Å²) in [6, 6.07) is 9.79. The predicted molar refractivity (Wildman–Crippen MR) is 147 cm³/mol. The highest BCUT2D eigenvalue weighted by molar-refractivity contribution is 7.13. The largest absolute Gasteiger partial charge is 0.496 e. The molecular formula is C29H28F2N4O4S. The van der Waals surface area contributed by atoms with Crippen LogP contribution in [0, 0.1) is 18.6 Å². The summed E-state index contributed by atoms with van der Waals surface area (Å²) in [7, 11) is 1.59. The number of carbonyl (C=O) groups is 1. The van der Waals surface area contributed by atoms with Gasteiger partial charge < -0.3 is 14.7 Å². The Morgan fingerprint density at radius 1 is 1.20 bits per heavy atom. The number of rotatable bonds is 7. The van der Waals surface area contributed by atoms with Crippen LogP contribution in [0.5, 0.6) is 11.6 Å². The molecule has 0 radical (unpaired) electrons. The van der Waals surface area contributed by atoms with Gasteiger partial charge in [-0.15, -0.1) is 11.3 Å². The number of halogens is 2. The number of carbonyl (C=O) groups excluding carboxylic acids is 1. The summed E-state index contributed by atoms with van der Waals surface area (Å²) < 4.78 is 35.2. The second-order valence-corrected chi connectivity index (χ2v) is 10.6. The van der Waals surface area contributed by atoms with Crippen LogP contribution in [-0.4, -0.2) is 50.6 Å². The Hall–Kier alpha value is -4.12. The van der Waals surface area contributed by atoms with Crippen molar-refractivity contribution in [1.29, 1.82) is 0 Å². The van der Waals surface area contributed by atoms with Crippen LogP contribution < -0.4 is 10.3 Å². The topological polar surface area (TPSA) is 97.5 Å². The molecular weight excluding hydrogens is 538 g/mol. The number of aromatic nitrogens is 3. The molecule has 3 heterocycles. The quantitative estimate of drug-likeness (QED) is 0.326. The van der Waals surface area contributed by atoms with E-state index in [0.29, 0.717) is 36.0 Å². The van der Waals surface area contributed by atoms with Crippen LogP contribution in [0.1, 0.15) is 58.9 Å². The lowest BCUT2D eigenvalue weighted by atomic mass is 9.97. The molecule has 2 aromatic carbocycles. The molecule has 4 aromatic rings. The summed E-state index contributed by atoms with van der Waals surface area (Å²) in [5, 5.41) is 13.6. The third-order valence-electron chi connectivity index (χ3n) is 7.15. The Kier molecular flexibility index (Phi) is 7.66. The van der Waals surface area contributed by atoms with Gasteiger partial charge in [0.15, 0.2) is 16.4 Å². The second kappa shape index (κ2) is 11.2. The first-order chi connectivity index (χ1) is 19.2. The highest BCUT2D eigenvalue weighted by atomic mass is 32.1. The molecule has 0 saturated carbocycles. The van der Waals surface area contributed by atoms with Crippen molar-refractivity contribution in [3.05, 3.63) is 92.2 Å². The minimum absolute atomic E-state index is 0.0157. The number of methoxy groups -OCH3 is 1. The monoisotopic (exact) mass is 566 g/mol. The summed E-state index contributed by atoms with van der Waals surface area (Å²) in [5.41, 5.74) is 0.445. The lowest BCUT2D eigenvalue weighted by Crippen LogP contribution is -2.35. The van der Waals surface area contributed by atoms with Gasteiger partial charge in [0.2, 0.25) is 5.88 Å². The fraction of sp³-hybridized carbons (Fsp3) is 0.310. The van der Waals surface area contributed by atoms with Gasteiger partial charge >= 0.3 is 0 Å². The maximum absolute atomic E-state index is 14.2. The van der Waals surface area contributed by atoms with Crippen LogP contribution >= 0.6 is 11.3 Å². The molecule has 2 aromatic heterocycles. The minimum atomic E-state index is -0.900. The van der Waals surface area contributed by atoms with E-state index in [1.165, 1.54) is 20.8 Å². The first-order valence-electron chi connectivity index (χ1n) is 12.9. The lowest BCUT2D eigenvalue weighted by Gasteiger charge is -2.25. The Bertz CT molecular complexity index is 1620. The van der Waals surface area contributed by atoms with Gasteiger partial charge in [0.1, 0.15) is 17.4 Å². The van der Waals surface area contributed by atoms with Crippen molar-refractivity contribution >= 4 is 17.2 Å². The van der Waals surface area contributed by atoms with Crippen molar-refractivity contribution in [1.82, 2.24) is 19.4 Å². The third-order valence-corrected chi connectivity index (χ3v) is 8.10. The number of aromatic hydroxyl groups is 1. The van der Waals surface area contributed by atoms with Crippen LogP contribution in [0.2, 0.25) is 0 Å². The first-order valence-corrected chi connectivity index (χ1v) is 13.8. The SMILES string of the molecule is CC[C@@H](c1cc(F)cc(F)c1)n1c(-c2nc(C)cs2)nc(=O)c(C(=O)N2CCC(c3ccccc3OC)C2)c1O. The molecule has 1 N–H and O–H groups in total. The van der Waals surface area contributed by atoms with Crippen molar-refractivity contribution in [2.75, 3.05) is 20.2 Å². The number of benzene rings is 2. The zero-order valence-corrected chi connectivity index (χ0v) is 23.0. The van der Waals surface area contributed by atoms with E-state index in [4.69, 9.17) is 4.74 Å². The van der Waals surface area contributed by atoms with Gasteiger partial charge in [-0.3, -0.25) is 14.2 Å². The van der Waals surface area contributed by atoms with E-state index < -0.39 is 40.6 Å². The third kappa shape index (κ3) is 5.08. The summed E-state index contributed by atoms with van der Waals surface area (Å²) in [5.74, 6) is -2.15. The number of aryl methyl sites for hydroxylation is 1. The van der Waals surface area contributed by atoms with E-state index in [0.717, 1.165) is 23.8 Å². The fourth-order valence-electron chi connectivity index (χ4n) is 5.31. The molecule has 1 aliphatic rings. The molecule has 2 atom stereocenters. The van der Waals surface area contributed by atoms with E-state index in [1.54, 1.807) is 26.3 Å². The van der Waals surface area contributed by atoms with Gasteiger partial charge in [-0.05, 0) is 49.1 Å². The summed E-state index contributed by atoms with van der Waals surface area (Å²) in [6.07, 6.45) is 0.913. The smallest absolute Gasteiger partial charge is 0.290 e. The number of hydrogen-bond donors (Lipinski definition) is 1. The first kappa shape index (κ1) is 27.4. The number of nitrogens with zero attached hydrogens (tertiary/aromatic N) is 4.